The average molecular weight is 574 g/mol. The number of aliphatic hydroxyl groups is 1. The van der Waals surface area contributed by atoms with Gasteiger partial charge in [0.05, 0.1) is 37.0 Å². The summed E-state index contributed by atoms with van der Waals surface area (Å²) in [6.45, 7) is 1.89. The lowest BCUT2D eigenvalue weighted by Crippen LogP contribution is -2.41. The fraction of sp³-hybridized carbons (Fsp3) is 0.484. The predicted molar refractivity (Wildman–Crippen MR) is 152 cm³/mol. The Kier molecular flexibility index (Phi) is 9.76. The Morgan fingerprint density at radius 2 is 1.83 bits per heavy atom. The number of hydrogen-bond acceptors (Lipinski definition) is 6. The van der Waals surface area contributed by atoms with Crippen molar-refractivity contribution in [2.75, 3.05) is 45.7 Å². The normalized spacial score (nSPS) is 16.1. The van der Waals surface area contributed by atoms with Crippen LogP contribution >= 0.6 is 0 Å². The summed E-state index contributed by atoms with van der Waals surface area (Å²) >= 11 is 0. The molecule has 10 heteroatoms. The van der Waals surface area contributed by atoms with E-state index in [2.05, 4.69) is 9.88 Å². The molecule has 0 spiro atoms. The fourth-order valence-corrected chi connectivity index (χ4v) is 5.98. The molecule has 1 aromatic heterocycles. The monoisotopic (exact) mass is 573 g/mol. The summed E-state index contributed by atoms with van der Waals surface area (Å²) in [7, 11) is 5.36. The van der Waals surface area contributed by atoms with Gasteiger partial charge in [0.1, 0.15) is 23.2 Å². The first-order valence-electron chi connectivity index (χ1n) is 13.9. The van der Waals surface area contributed by atoms with E-state index in [4.69, 9.17) is 4.74 Å². The number of pyridine rings is 1. The maximum atomic E-state index is 14.0. The molecule has 1 aliphatic heterocycles. The van der Waals surface area contributed by atoms with E-state index in [0.29, 0.717) is 69.6 Å². The third-order valence-corrected chi connectivity index (χ3v) is 8.31. The zero-order valence-electron chi connectivity index (χ0n) is 23.8. The van der Waals surface area contributed by atoms with Crippen molar-refractivity contribution in [1.29, 1.82) is 0 Å². The molecule has 2 N–H and O–H groups in total. The number of carbonyl (C=O) groups is 1. The van der Waals surface area contributed by atoms with Gasteiger partial charge in [-0.3, -0.25) is 9.78 Å². The molecule has 0 unspecified atom stereocenters. The average Bonchev–Trinajstić information content (AvgIpc) is 2.92. The quantitative estimate of drug-likeness (QED) is 0.286. The zero-order valence-corrected chi connectivity index (χ0v) is 23.8. The van der Waals surface area contributed by atoms with E-state index in [1.165, 1.54) is 0 Å². The van der Waals surface area contributed by atoms with Gasteiger partial charge in [-0.2, -0.15) is 0 Å². The zero-order chi connectivity index (χ0) is 29.7. The van der Waals surface area contributed by atoms with Gasteiger partial charge < -0.3 is 24.7 Å². The summed E-state index contributed by atoms with van der Waals surface area (Å²) in [5.41, 5.74) is 1.67. The Hall–Kier alpha value is -3.37. The smallest absolute Gasteiger partial charge is 0.303 e. The van der Waals surface area contributed by atoms with Crippen LogP contribution in [0.2, 0.25) is 0 Å². The summed E-state index contributed by atoms with van der Waals surface area (Å²) in [6.07, 6.45) is 3.74. The molecule has 0 radical (unpaired) electrons. The molecular weight excluding hydrogens is 535 g/mol. The van der Waals surface area contributed by atoms with E-state index >= 15 is 0 Å². The number of rotatable bonds is 12. The van der Waals surface area contributed by atoms with E-state index in [1.807, 2.05) is 37.2 Å². The van der Waals surface area contributed by atoms with Crippen LogP contribution in [0.3, 0.4) is 0 Å². The van der Waals surface area contributed by atoms with Crippen LogP contribution in [-0.4, -0.2) is 66.9 Å². The van der Waals surface area contributed by atoms with Gasteiger partial charge in [-0.1, -0.05) is 0 Å². The van der Waals surface area contributed by atoms with E-state index in [0.717, 1.165) is 22.2 Å². The molecule has 0 bridgehead atoms. The second kappa shape index (κ2) is 13.1. The second-order valence-corrected chi connectivity index (χ2v) is 11.3. The number of hydrogen-bond donors (Lipinski definition) is 2. The molecular formula is C31H38F3N3O4. The highest BCUT2D eigenvalue weighted by Crippen LogP contribution is 2.43. The van der Waals surface area contributed by atoms with E-state index in [9.17, 15) is 28.2 Å². The Balaban J connectivity index is 1.43. The summed E-state index contributed by atoms with van der Waals surface area (Å²) < 4.78 is 46.6. The number of anilines is 1. The predicted octanol–water partition coefficient (Wildman–Crippen LogP) is 5.73. The number of aromatic nitrogens is 1. The summed E-state index contributed by atoms with van der Waals surface area (Å²) in [5.74, 6) is -2.91. The number of ether oxygens (including phenoxy) is 1. The number of benzene rings is 2. The number of piperidine rings is 1. The first-order valence-corrected chi connectivity index (χ1v) is 13.9. The van der Waals surface area contributed by atoms with Crippen LogP contribution in [0.1, 0.15) is 55.8 Å². The van der Waals surface area contributed by atoms with Crippen molar-refractivity contribution in [3.8, 4) is 5.75 Å². The third-order valence-electron chi connectivity index (χ3n) is 8.31. The minimum absolute atomic E-state index is 0.00498. The molecule has 1 atom stereocenters. The summed E-state index contributed by atoms with van der Waals surface area (Å²) in [6, 6.07) is 6.93. The Bertz CT molecular complexity index is 1350. The van der Waals surface area contributed by atoms with E-state index in [-0.39, 0.29) is 18.4 Å². The van der Waals surface area contributed by atoms with E-state index in [1.54, 1.807) is 13.3 Å². The molecule has 0 saturated carbocycles. The number of fused-ring (bicyclic) bond motifs is 1. The van der Waals surface area contributed by atoms with Crippen LogP contribution in [0.15, 0.2) is 36.5 Å². The fourth-order valence-electron chi connectivity index (χ4n) is 5.98. The molecule has 41 heavy (non-hydrogen) atoms. The number of halogens is 3. The SMILES string of the molecule is COc1ccc2ncc(N(C)C)c([C@@H](O)CCC3(CC(=O)O)CCN(CCCc4c(F)cc(F)cc4F)CC3)c2c1. The maximum absolute atomic E-state index is 14.0. The van der Waals surface area contributed by atoms with Gasteiger partial charge in [-0.15, -0.1) is 0 Å². The van der Waals surface area contributed by atoms with Crippen LogP contribution in [-0.2, 0) is 11.2 Å². The van der Waals surface area contributed by atoms with Crippen molar-refractivity contribution in [3.63, 3.8) is 0 Å². The lowest BCUT2D eigenvalue weighted by molar-refractivity contribution is -0.141. The van der Waals surface area contributed by atoms with Crippen molar-refractivity contribution < 1.29 is 32.9 Å². The number of likely N-dealkylation sites (tertiary alicyclic amines) is 1. The maximum Gasteiger partial charge on any atom is 0.303 e. The summed E-state index contributed by atoms with van der Waals surface area (Å²) in [4.78, 5) is 20.5. The second-order valence-electron chi connectivity index (χ2n) is 11.3. The number of aliphatic hydroxyl groups excluding tert-OH is 1. The number of aliphatic carboxylic acids is 1. The number of carboxylic acids is 1. The van der Waals surface area contributed by atoms with Crippen molar-refractivity contribution in [1.82, 2.24) is 9.88 Å². The molecule has 3 aromatic rings. The molecule has 1 aliphatic rings. The van der Waals surface area contributed by atoms with Gasteiger partial charge in [0, 0.05) is 42.7 Å². The molecule has 0 aliphatic carbocycles. The van der Waals surface area contributed by atoms with Gasteiger partial charge in [-0.05, 0) is 81.8 Å². The van der Waals surface area contributed by atoms with Crippen molar-refractivity contribution in [2.24, 2.45) is 5.41 Å². The molecule has 7 nitrogen and oxygen atoms in total. The molecule has 4 rings (SSSR count). The van der Waals surface area contributed by atoms with Gasteiger partial charge in [0.2, 0.25) is 0 Å². The third kappa shape index (κ3) is 7.29. The number of nitrogens with zero attached hydrogens (tertiary/aromatic N) is 3. The first kappa shape index (κ1) is 30.6. The van der Waals surface area contributed by atoms with Crippen LogP contribution in [0, 0.1) is 22.9 Å². The van der Waals surface area contributed by atoms with Crippen LogP contribution in [0.25, 0.3) is 10.9 Å². The van der Waals surface area contributed by atoms with Crippen molar-refractivity contribution in [2.45, 2.75) is 51.0 Å². The standard InChI is InChI=1S/C31H38F3N3O4/c1-36(2)27-19-35-26-7-6-21(41-3)17-23(26)30(27)28(38)8-9-31(18-29(39)40)10-13-37(14-11-31)12-4-5-22-24(33)15-20(32)16-25(22)34/h6-7,15-17,19,28,38H,4-5,8-14,18H2,1-3H3,(H,39,40)/t28-/m0/s1. The topological polar surface area (TPSA) is 86.1 Å². The molecule has 1 saturated heterocycles. The van der Waals surface area contributed by atoms with Gasteiger partial charge >= 0.3 is 5.97 Å². The van der Waals surface area contributed by atoms with Crippen LogP contribution in [0.4, 0.5) is 18.9 Å². The highest BCUT2D eigenvalue weighted by molar-refractivity contribution is 5.88. The molecule has 222 valence electrons. The van der Waals surface area contributed by atoms with Crippen molar-refractivity contribution in [3.05, 3.63) is 65.1 Å². The highest BCUT2D eigenvalue weighted by Gasteiger charge is 2.37. The lowest BCUT2D eigenvalue weighted by atomic mass is 9.71. The first-order chi connectivity index (χ1) is 19.5. The molecule has 2 aromatic carbocycles. The lowest BCUT2D eigenvalue weighted by Gasteiger charge is -2.42. The van der Waals surface area contributed by atoms with Gasteiger partial charge in [0.25, 0.3) is 0 Å². The minimum Gasteiger partial charge on any atom is -0.497 e. The molecule has 2 heterocycles. The van der Waals surface area contributed by atoms with Crippen LogP contribution < -0.4 is 9.64 Å². The highest BCUT2D eigenvalue weighted by atomic mass is 19.1. The largest absolute Gasteiger partial charge is 0.497 e. The van der Waals surface area contributed by atoms with Gasteiger partial charge in [-0.25, -0.2) is 13.2 Å². The molecule has 1 fully saturated rings. The van der Waals surface area contributed by atoms with Crippen molar-refractivity contribution >= 4 is 22.6 Å². The van der Waals surface area contributed by atoms with Crippen LogP contribution in [0.5, 0.6) is 5.75 Å². The Morgan fingerprint density at radius 3 is 2.44 bits per heavy atom. The van der Waals surface area contributed by atoms with E-state index < -0.39 is 34.9 Å². The number of carboxylic acid groups (broad SMARTS) is 1. The minimum atomic E-state index is -0.936. The van der Waals surface area contributed by atoms with Gasteiger partial charge in [0.15, 0.2) is 0 Å². The number of methoxy groups -OCH3 is 1. The molecule has 0 amide bonds. The Morgan fingerprint density at radius 1 is 1.15 bits per heavy atom. The summed E-state index contributed by atoms with van der Waals surface area (Å²) in [5, 5.41) is 22.0. The Labute approximate surface area is 238 Å².